The number of benzene rings is 1. The van der Waals surface area contributed by atoms with E-state index in [1.165, 1.54) is 12.3 Å². The van der Waals surface area contributed by atoms with Crippen LogP contribution in [-0.4, -0.2) is 66.2 Å². The van der Waals surface area contributed by atoms with Crippen LogP contribution in [0.5, 0.6) is 5.75 Å². The predicted molar refractivity (Wildman–Crippen MR) is 121 cm³/mol. The van der Waals surface area contributed by atoms with E-state index in [0.29, 0.717) is 38.1 Å². The average molecular weight is 513 g/mol. The predicted octanol–water partition coefficient (Wildman–Crippen LogP) is 3.02. The van der Waals surface area contributed by atoms with Gasteiger partial charge in [-0.3, -0.25) is 9.78 Å². The van der Waals surface area contributed by atoms with Crippen molar-refractivity contribution < 1.29 is 31.8 Å². The molecule has 1 aliphatic carbocycles. The molecule has 0 spiro atoms. The molecule has 1 aromatic carbocycles. The number of aromatic nitrogens is 2. The summed E-state index contributed by atoms with van der Waals surface area (Å²) >= 11 is 0. The van der Waals surface area contributed by atoms with Gasteiger partial charge in [-0.05, 0) is 25.3 Å². The highest BCUT2D eigenvalue weighted by Gasteiger charge is 2.41. The van der Waals surface area contributed by atoms with E-state index in [9.17, 15) is 27.2 Å². The number of ether oxygens (including phenoxy) is 2. The second-order valence-electron chi connectivity index (χ2n) is 8.97. The Morgan fingerprint density at radius 2 is 2.03 bits per heavy atom. The van der Waals surface area contributed by atoms with Gasteiger partial charge in [0.1, 0.15) is 11.6 Å². The average Bonchev–Trinajstić information content (AvgIpc) is 3.63. The molecule has 1 saturated carbocycles. The summed E-state index contributed by atoms with van der Waals surface area (Å²) in [6.45, 7) is 1.29. The number of amides is 2. The maximum Gasteiger partial charge on any atom is 0.573 e. The van der Waals surface area contributed by atoms with Gasteiger partial charge >= 0.3 is 12.4 Å². The number of urea groups is 1. The van der Waals surface area contributed by atoms with Gasteiger partial charge in [-0.15, -0.1) is 13.2 Å². The number of carbonyl (C=O) groups excluding carboxylic acids is 1. The van der Waals surface area contributed by atoms with Crippen molar-refractivity contribution in [3.8, 4) is 5.75 Å². The van der Waals surface area contributed by atoms with Crippen LogP contribution in [0.1, 0.15) is 24.8 Å². The van der Waals surface area contributed by atoms with E-state index in [4.69, 9.17) is 4.74 Å². The number of H-pyrrole nitrogens is 1. The minimum Gasteiger partial charge on any atom is -0.406 e. The molecule has 196 valence electrons. The number of alkyl halides is 3. The lowest BCUT2D eigenvalue weighted by Gasteiger charge is -2.43. The molecule has 0 bridgehead atoms. The summed E-state index contributed by atoms with van der Waals surface area (Å²) in [5.41, 5.74) is -0.252. The molecule has 2 aromatic rings. The molecule has 2 aliphatic rings. The van der Waals surface area contributed by atoms with Crippen molar-refractivity contribution in [2.75, 3.05) is 31.7 Å². The zero-order valence-corrected chi connectivity index (χ0v) is 19.6. The first-order valence-electron chi connectivity index (χ1n) is 11.5. The van der Waals surface area contributed by atoms with Crippen LogP contribution in [0.4, 0.5) is 28.3 Å². The first-order chi connectivity index (χ1) is 17.1. The van der Waals surface area contributed by atoms with Crippen molar-refractivity contribution in [1.82, 2.24) is 20.2 Å². The maximum absolute atomic E-state index is 14.3. The van der Waals surface area contributed by atoms with E-state index in [1.54, 1.807) is 12.0 Å². The summed E-state index contributed by atoms with van der Waals surface area (Å²) in [7, 11) is 1.60. The molecule has 1 aliphatic heterocycles. The second kappa shape index (κ2) is 10.7. The Morgan fingerprint density at radius 3 is 2.67 bits per heavy atom. The van der Waals surface area contributed by atoms with E-state index in [1.807, 2.05) is 4.90 Å². The molecule has 4 rings (SSSR count). The largest absolute Gasteiger partial charge is 0.573 e. The number of methoxy groups -OCH3 is 1. The van der Waals surface area contributed by atoms with Crippen molar-refractivity contribution in [1.29, 1.82) is 0 Å². The van der Waals surface area contributed by atoms with Crippen molar-refractivity contribution >= 4 is 12.0 Å². The third-order valence-electron chi connectivity index (χ3n) is 6.13. The lowest BCUT2D eigenvalue weighted by molar-refractivity contribution is -0.274. The third kappa shape index (κ3) is 6.65. The number of aromatic amines is 1. The van der Waals surface area contributed by atoms with E-state index in [2.05, 4.69) is 20.0 Å². The molecule has 2 atom stereocenters. The standard InChI is InChI=1S/C23H27F4N5O4/c1-35-13-14-8-17(12-31(11-14)21-28-7-6-20(33)30-21)32(16-3-4-16)22(34)29-10-15-2-5-18(9-19(15)24)36-23(25,26)27/h2,5-7,9,14,16-17H,3-4,8,10-13H2,1H3,(H,29,34)(H,28,30,33)/t14-,17+/m0/s1. The van der Waals surface area contributed by atoms with Gasteiger partial charge in [-0.25, -0.2) is 14.2 Å². The van der Waals surface area contributed by atoms with Gasteiger partial charge in [0.05, 0.1) is 12.6 Å². The second-order valence-corrected chi connectivity index (χ2v) is 8.97. The van der Waals surface area contributed by atoms with Gasteiger partial charge in [-0.1, -0.05) is 6.07 Å². The van der Waals surface area contributed by atoms with E-state index in [0.717, 1.165) is 25.0 Å². The van der Waals surface area contributed by atoms with Crippen LogP contribution in [0.2, 0.25) is 0 Å². The Bertz CT molecular complexity index is 1120. The molecular formula is C23H27F4N5O4. The van der Waals surface area contributed by atoms with Gasteiger partial charge in [0, 0.05) is 62.6 Å². The van der Waals surface area contributed by atoms with Crippen molar-refractivity contribution in [3.63, 3.8) is 0 Å². The number of nitrogens with zero attached hydrogens (tertiary/aromatic N) is 3. The first-order valence-corrected chi connectivity index (χ1v) is 11.5. The zero-order chi connectivity index (χ0) is 25.9. The minimum absolute atomic E-state index is 0.0216. The van der Waals surface area contributed by atoms with Gasteiger partial charge in [0.15, 0.2) is 0 Å². The van der Waals surface area contributed by atoms with Crippen LogP contribution in [0, 0.1) is 11.7 Å². The van der Waals surface area contributed by atoms with Crippen molar-refractivity contribution in [3.05, 3.63) is 52.2 Å². The molecule has 1 aromatic heterocycles. The fourth-order valence-corrected chi connectivity index (χ4v) is 4.54. The molecule has 0 radical (unpaired) electrons. The van der Waals surface area contributed by atoms with Crippen LogP contribution in [-0.2, 0) is 11.3 Å². The summed E-state index contributed by atoms with van der Waals surface area (Å²) in [4.78, 5) is 35.7. The molecule has 2 N–H and O–H groups in total. The number of piperidine rings is 1. The highest BCUT2D eigenvalue weighted by molar-refractivity contribution is 5.75. The zero-order valence-electron chi connectivity index (χ0n) is 19.6. The van der Waals surface area contributed by atoms with Gasteiger partial charge in [0.2, 0.25) is 5.95 Å². The topological polar surface area (TPSA) is 99.8 Å². The fourth-order valence-electron chi connectivity index (χ4n) is 4.54. The minimum atomic E-state index is -4.93. The third-order valence-corrected chi connectivity index (χ3v) is 6.13. The van der Waals surface area contributed by atoms with E-state index >= 15 is 0 Å². The van der Waals surface area contributed by atoms with Crippen LogP contribution >= 0.6 is 0 Å². The Balaban J connectivity index is 1.46. The number of halogens is 4. The molecular weight excluding hydrogens is 486 g/mol. The molecule has 1 saturated heterocycles. The lowest BCUT2D eigenvalue weighted by atomic mass is 9.94. The van der Waals surface area contributed by atoms with E-state index in [-0.39, 0.29) is 35.7 Å². The van der Waals surface area contributed by atoms with Gasteiger partial charge in [-0.2, -0.15) is 0 Å². The molecule has 9 nitrogen and oxygen atoms in total. The number of carbonyl (C=O) groups is 1. The molecule has 0 unspecified atom stereocenters. The van der Waals surface area contributed by atoms with Gasteiger partial charge in [0.25, 0.3) is 5.56 Å². The summed E-state index contributed by atoms with van der Waals surface area (Å²) in [5.74, 6) is -1.11. The van der Waals surface area contributed by atoms with Crippen LogP contribution < -0.4 is 20.5 Å². The van der Waals surface area contributed by atoms with Crippen LogP contribution in [0.25, 0.3) is 0 Å². The molecule has 36 heavy (non-hydrogen) atoms. The Morgan fingerprint density at radius 1 is 1.25 bits per heavy atom. The lowest BCUT2D eigenvalue weighted by Crippen LogP contribution is -2.56. The SMILES string of the molecule is COC[C@H]1C[C@@H](N(C(=O)NCc2ccc(OC(F)(F)F)cc2F)C2CC2)CN(c2nccc(=O)[nH]2)C1. The van der Waals surface area contributed by atoms with E-state index < -0.39 is 24.0 Å². The van der Waals surface area contributed by atoms with Crippen LogP contribution in [0.15, 0.2) is 35.3 Å². The number of nitrogens with one attached hydrogen (secondary N) is 2. The molecule has 2 amide bonds. The summed E-state index contributed by atoms with van der Waals surface area (Å²) in [6, 6.07) is 3.51. The highest BCUT2D eigenvalue weighted by atomic mass is 19.4. The number of anilines is 1. The quantitative estimate of drug-likeness (QED) is 0.527. The molecule has 2 fully saturated rings. The Kier molecular flexibility index (Phi) is 7.67. The normalized spacial score (nSPS) is 20.2. The highest BCUT2D eigenvalue weighted by Crippen LogP contribution is 2.33. The maximum atomic E-state index is 14.3. The summed E-state index contributed by atoms with van der Waals surface area (Å²) in [5, 5.41) is 2.70. The Hall–Kier alpha value is -3.35. The van der Waals surface area contributed by atoms with Crippen molar-refractivity contribution in [2.45, 2.75) is 44.3 Å². The van der Waals surface area contributed by atoms with Crippen LogP contribution in [0.3, 0.4) is 0 Å². The Labute approximate surface area is 204 Å². The monoisotopic (exact) mass is 513 g/mol. The van der Waals surface area contributed by atoms with Crippen molar-refractivity contribution in [2.24, 2.45) is 5.92 Å². The number of rotatable bonds is 8. The number of hydrogen-bond donors (Lipinski definition) is 2. The summed E-state index contributed by atoms with van der Waals surface area (Å²) < 4.78 is 60.5. The van der Waals surface area contributed by atoms with Gasteiger partial charge < -0.3 is 24.6 Å². The fraction of sp³-hybridized carbons (Fsp3) is 0.522. The smallest absolute Gasteiger partial charge is 0.406 e. The number of hydrogen-bond acceptors (Lipinski definition) is 6. The first kappa shape index (κ1) is 25.7. The molecule has 13 heteroatoms. The molecule has 2 heterocycles. The summed E-state index contributed by atoms with van der Waals surface area (Å²) in [6.07, 6.45) is -1.17.